The summed E-state index contributed by atoms with van der Waals surface area (Å²) in [4.78, 5) is 16.8. The van der Waals surface area contributed by atoms with Gasteiger partial charge < -0.3 is 0 Å². The van der Waals surface area contributed by atoms with Crippen LogP contribution in [-0.2, 0) is 14.8 Å². The van der Waals surface area contributed by atoms with Crippen LogP contribution in [0.2, 0.25) is 0 Å². The van der Waals surface area contributed by atoms with E-state index in [0.29, 0.717) is 5.69 Å². The molecule has 1 heterocycles. The second-order valence-electron chi connectivity index (χ2n) is 7.20. The Morgan fingerprint density at radius 1 is 1.17 bits per heavy atom. The Kier molecular flexibility index (Phi) is 7.11. The third-order valence-corrected chi connectivity index (χ3v) is 6.90. The first kappa shape index (κ1) is 21.1. The van der Waals surface area contributed by atoms with Crippen molar-refractivity contribution >= 4 is 22.1 Å². The predicted octanol–water partition coefficient (Wildman–Crippen LogP) is 2.86. The molecule has 154 valence electrons. The first-order valence-corrected chi connectivity index (χ1v) is 11.2. The zero-order valence-corrected chi connectivity index (χ0v) is 17.3. The number of pyridine rings is 1. The van der Waals surface area contributed by atoms with Gasteiger partial charge in [0.05, 0.1) is 23.3 Å². The van der Waals surface area contributed by atoms with Crippen molar-refractivity contribution in [1.29, 1.82) is 0 Å². The van der Waals surface area contributed by atoms with E-state index in [0.717, 1.165) is 37.7 Å². The summed E-state index contributed by atoms with van der Waals surface area (Å²) in [6.07, 6.45) is 7.59. The van der Waals surface area contributed by atoms with Crippen LogP contribution < -0.4 is 5.43 Å². The van der Waals surface area contributed by atoms with Crippen molar-refractivity contribution < 1.29 is 13.2 Å². The van der Waals surface area contributed by atoms with Crippen LogP contribution in [0.1, 0.15) is 43.4 Å². The maximum Gasteiger partial charge on any atom is 0.255 e. The largest absolute Gasteiger partial charge is 0.272 e. The van der Waals surface area contributed by atoms with Crippen LogP contribution in [-0.4, -0.2) is 42.4 Å². The minimum absolute atomic E-state index is 0.180. The van der Waals surface area contributed by atoms with Crippen LogP contribution in [0.15, 0.2) is 58.7 Å². The maximum atomic E-state index is 13.3. The second-order valence-corrected chi connectivity index (χ2v) is 9.09. The summed E-state index contributed by atoms with van der Waals surface area (Å²) in [7, 11) is -3.78. The van der Waals surface area contributed by atoms with Gasteiger partial charge in [0, 0.05) is 12.2 Å². The zero-order chi connectivity index (χ0) is 20.7. The highest BCUT2D eigenvalue weighted by Crippen LogP contribution is 2.27. The number of hydrazone groups is 1. The van der Waals surface area contributed by atoms with E-state index < -0.39 is 15.9 Å². The third-order valence-electron chi connectivity index (χ3n) is 4.98. The van der Waals surface area contributed by atoms with Gasteiger partial charge in [-0.05, 0) is 44.0 Å². The highest BCUT2D eigenvalue weighted by molar-refractivity contribution is 7.89. The number of carbonyl (C=O) groups excluding carboxylic acids is 1. The summed E-state index contributed by atoms with van der Waals surface area (Å²) >= 11 is 0. The molecule has 1 saturated carbocycles. The number of rotatable bonds is 7. The third kappa shape index (κ3) is 5.71. The van der Waals surface area contributed by atoms with Crippen LogP contribution >= 0.6 is 0 Å². The fourth-order valence-electron chi connectivity index (χ4n) is 3.42. The molecule has 0 bridgehead atoms. The molecule has 1 fully saturated rings. The number of hydrogen-bond donors (Lipinski definition) is 1. The summed E-state index contributed by atoms with van der Waals surface area (Å²) in [5.41, 5.74) is 4.00. The van der Waals surface area contributed by atoms with Crippen LogP contribution in [0.3, 0.4) is 0 Å². The van der Waals surface area contributed by atoms with Crippen LogP contribution in [0.25, 0.3) is 0 Å². The lowest BCUT2D eigenvalue weighted by Crippen LogP contribution is -2.46. The van der Waals surface area contributed by atoms with E-state index in [1.165, 1.54) is 10.5 Å². The first-order valence-electron chi connectivity index (χ1n) is 9.78. The fraction of sp³-hybridized carbons (Fsp3) is 0.381. The van der Waals surface area contributed by atoms with Crippen LogP contribution in [0.4, 0.5) is 0 Å². The predicted molar refractivity (Wildman–Crippen MR) is 112 cm³/mol. The number of nitrogens with zero attached hydrogens (tertiary/aromatic N) is 3. The normalized spacial score (nSPS) is 15.7. The van der Waals surface area contributed by atoms with Gasteiger partial charge in [-0.15, -0.1) is 0 Å². The molecule has 0 atom stereocenters. The summed E-state index contributed by atoms with van der Waals surface area (Å²) in [6.45, 7) is 1.64. The molecule has 0 unspecified atom stereocenters. The molecule has 29 heavy (non-hydrogen) atoms. The maximum absolute atomic E-state index is 13.3. The Labute approximate surface area is 171 Å². The molecule has 1 aliphatic rings. The summed E-state index contributed by atoms with van der Waals surface area (Å²) in [6, 6.07) is 11.9. The Morgan fingerprint density at radius 3 is 2.55 bits per heavy atom. The van der Waals surface area contributed by atoms with Gasteiger partial charge in [0.25, 0.3) is 5.91 Å². The van der Waals surface area contributed by atoms with Gasteiger partial charge in [0.1, 0.15) is 0 Å². The van der Waals surface area contributed by atoms with Gasteiger partial charge in [-0.25, -0.2) is 13.8 Å². The molecule has 0 spiro atoms. The SMILES string of the molecule is Cc1ccc(S(=O)(=O)N(CC(=O)NN=Cc2ccccn2)C2CCCCC2)cc1. The van der Waals surface area contributed by atoms with Gasteiger partial charge >= 0.3 is 0 Å². The van der Waals surface area contributed by atoms with E-state index in [4.69, 9.17) is 0 Å². The highest BCUT2D eigenvalue weighted by Gasteiger charge is 2.33. The molecular weight excluding hydrogens is 388 g/mol. The lowest BCUT2D eigenvalue weighted by molar-refractivity contribution is -0.121. The van der Waals surface area contributed by atoms with Crippen molar-refractivity contribution in [2.24, 2.45) is 5.10 Å². The molecular formula is C21H26N4O3S. The van der Waals surface area contributed by atoms with E-state index in [2.05, 4.69) is 15.5 Å². The number of sulfonamides is 1. The summed E-state index contributed by atoms with van der Waals surface area (Å²) in [5, 5.41) is 3.90. The van der Waals surface area contributed by atoms with Crippen molar-refractivity contribution in [3.05, 3.63) is 59.9 Å². The number of benzene rings is 1. The number of aromatic nitrogens is 1. The number of amides is 1. The van der Waals surface area contributed by atoms with E-state index in [9.17, 15) is 13.2 Å². The van der Waals surface area contributed by atoms with Crippen LogP contribution in [0, 0.1) is 6.92 Å². The average Bonchev–Trinajstić information content (AvgIpc) is 2.73. The molecule has 7 nitrogen and oxygen atoms in total. The molecule has 0 radical (unpaired) electrons. The molecule has 1 N–H and O–H groups in total. The van der Waals surface area contributed by atoms with Gasteiger partial charge in [0.2, 0.25) is 10.0 Å². The van der Waals surface area contributed by atoms with Crippen molar-refractivity contribution in [3.8, 4) is 0 Å². The smallest absolute Gasteiger partial charge is 0.255 e. The van der Waals surface area contributed by atoms with E-state index in [1.807, 2.05) is 13.0 Å². The van der Waals surface area contributed by atoms with Crippen molar-refractivity contribution in [3.63, 3.8) is 0 Å². The average molecular weight is 415 g/mol. The standard InChI is InChI=1S/C21H26N4O3S/c1-17-10-12-20(13-11-17)29(27,28)25(19-8-3-2-4-9-19)16-21(26)24-23-15-18-7-5-6-14-22-18/h5-7,10-15,19H,2-4,8-9,16H2,1H3,(H,24,26). The van der Waals surface area contributed by atoms with Crippen molar-refractivity contribution in [2.45, 2.75) is 50.0 Å². The molecule has 2 aromatic rings. The van der Waals surface area contributed by atoms with Crippen molar-refractivity contribution in [2.75, 3.05) is 6.54 Å². The summed E-state index contributed by atoms with van der Waals surface area (Å²) in [5.74, 6) is -0.474. The zero-order valence-electron chi connectivity index (χ0n) is 16.5. The minimum Gasteiger partial charge on any atom is -0.272 e. The van der Waals surface area contributed by atoms with E-state index in [1.54, 1.807) is 42.6 Å². The summed E-state index contributed by atoms with van der Waals surface area (Å²) < 4.78 is 27.9. The molecule has 1 aromatic heterocycles. The van der Waals surface area contributed by atoms with Gasteiger partial charge in [-0.1, -0.05) is 43.0 Å². The number of nitrogens with one attached hydrogen (secondary N) is 1. The van der Waals surface area contributed by atoms with Gasteiger partial charge in [-0.2, -0.15) is 9.41 Å². The van der Waals surface area contributed by atoms with E-state index in [-0.39, 0.29) is 17.5 Å². The number of aryl methyl sites for hydroxylation is 1. The highest BCUT2D eigenvalue weighted by atomic mass is 32.2. The van der Waals surface area contributed by atoms with Crippen molar-refractivity contribution in [1.82, 2.24) is 14.7 Å². The Morgan fingerprint density at radius 2 is 1.90 bits per heavy atom. The molecule has 8 heteroatoms. The molecule has 0 aliphatic heterocycles. The lowest BCUT2D eigenvalue weighted by Gasteiger charge is -2.32. The second kappa shape index (κ2) is 9.76. The Bertz CT molecular complexity index is 938. The number of hydrogen-bond acceptors (Lipinski definition) is 5. The minimum atomic E-state index is -3.78. The molecule has 1 aliphatic carbocycles. The van der Waals surface area contributed by atoms with E-state index >= 15 is 0 Å². The fourth-order valence-corrected chi connectivity index (χ4v) is 5.07. The topological polar surface area (TPSA) is 91.7 Å². The molecule has 0 saturated heterocycles. The monoisotopic (exact) mass is 414 g/mol. The molecule has 1 aromatic carbocycles. The Hall–Kier alpha value is -2.58. The number of carbonyl (C=O) groups is 1. The molecule has 1 amide bonds. The quantitative estimate of drug-likeness (QED) is 0.557. The molecule has 3 rings (SSSR count). The van der Waals surface area contributed by atoms with Gasteiger partial charge in [-0.3, -0.25) is 9.78 Å². The van der Waals surface area contributed by atoms with Crippen LogP contribution in [0.5, 0.6) is 0 Å². The Balaban J connectivity index is 1.75. The lowest BCUT2D eigenvalue weighted by atomic mass is 9.95. The van der Waals surface area contributed by atoms with Gasteiger partial charge in [0.15, 0.2) is 0 Å². The first-order chi connectivity index (χ1) is 14.0.